The molecule has 0 fully saturated rings. The van der Waals surface area contributed by atoms with E-state index in [1.165, 1.54) is 20.1 Å². The molecule has 0 aromatic carbocycles. The maximum atomic E-state index is 13.6. The van der Waals surface area contributed by atoms with Crippen molar-refractivity contribution in [3.8, 4) is 0 Å². The minimum atomic E-state index is -4.89. The van der Waals surface area contributed by atoms with Gasteiger partial charge in [-0.1, -0.05) is 6.92 Å². The van der Waals surface area contributed by atoms with Gasteiger partial charge in [0.05, 0.1) is 13.7 Å². The molecule has 0 aromatic rings. The van der Waals surface area contributed by atoms with Gasteiger partial charge in [-0.3, -0.25) is 4.99 Å². The molecule has 0 atom stereocenters. The van der Waals surface area contributed by atoms with Crippen LogP contribution in [0.4, 0.5) is 17.6 Å². The average Bonchev–Trinajstić information content (AvgIpc) is 2.34. The molecule has 0 amide bonds. The van der Waals surface area contributed by atoms with E-state index in [9.17, 15) is 17.6 Å². The highest BCUT2D eigenvalue weighted by molar-refractivity contribution is 5.85. The molecule has 0 aliphatic carbocycles. The first-order valence-electron chi connectivity index (χ1n) is 5.97. The molecule has 20 heavy (non-hydrogen) atoms. The van der Waals surface area contributed by atoms with Gasteiger partial charge in [-0.25, -0.2) is 9.38 Å². The second kappa shape index (κ2) is 8.50. The smallest absolute Gasteiger partial charge is 0.424 e. The predicted octanol–water partition coefficient (Wildman–Crippen LogP) is 4.22. The zero-order valence-corrected chi connectivity index (χ0v) is 11.9. The fourth-order valence-corrected chi connectivity index (χ4v) is 1.28. The molecule has 0 aliphatic heterocycles. The summed E-state index contributed by atoms with van der Waals surface area (Å²) >= 11 is 0. The van der Waals surface area contributed by atoms with Gasteiger partial charge in [0.25, 0.3) is 0 Å². The zero-order chi connectivity index (χ0) is 15.8. The van der Waals surface area contributed by atoms with Crippen LogP contribution in [0.25, 0.3) is 0 Å². The van der Waals surface area contributed by atoms with Crippen LogP contribution in [-0.4, -0.2) is 31.8 Å². The van der Waals surface area contributed by atoms with E-state index in [0.717, 1.165) is 13.2 Å². The molecule has 0 spiro atoms. The third-order valence-electron chi connectivity index (χ3n) is 2.11. The van der Waals surface area contributed by atoms with Gasteiger partial charge in [-0.05, 0) is 32.6 Å². The number of methoxy groups -OCH3 is 1. The van der Waals surface area contributed by atoms with Crippen LogP contribution >= 0.6 is 0 Å². The van der Waals surface area contributed by atoms with Gasteiger partial charge in [0.2, 0.25) is 5.88 Å². The van der Waals surface area contributed by atoms with E-state index >= 15 is 0 Å². The number of halogens is 4. The third-order valence-corrected chi connectivity index (χ3v) is 2.11. The highest BCUT2D eigenvalue weighted by atomic mass is 19.4. The van der Waals surface area contributed by atoms with Crippen molar-refractivity contribution in [1.29, 1.82) is 0 Å². The van der Waals surface area contributed by atoms with E-state index in [-0.39, 0.29) is 18.7 Å². The molecule has 3 nitrogen and oxygen atoms in total. The third kappa shape index (κ3) is 5.99. The summed E-state index contributed by atoms with van der Waals surface area (Å²) in [6, 6.07) is 0. The van der Waals surface area contributed by atoms with Crippen molar-refractivity contribution in [1.82, 2.24) is 0 Å². The first kappa shape index (κ1) is 18.3. The molecule has 0 heterocycles. The first-order valence-corrected chi connectivity index (χ1v) is 5.97. The molecule has 0 saturated heterocycles. The minimum Gasteiger partial charge on any atom is -0.480 e. The Bertz CT molecular complexity index is 434. The van der Waals surface area contributed by atoms with Gasteiger partial charge in [0.1, 0.15) is 5.83 Å². The van der Waals surface area contributed by atoms with E-state index in [0.29, 0.717) is 0 Å². The summed E-state index contributed by atoms with van der Waals surface area (Å²) in [6.07, 6.45) is -2.43. The number of allylic oxidation sites excluding steroid dienone is 3. The zero-order valence-electron chi connectivity index (χ0n) is 11.9. The lowest BCUT2D eigenvalue weighted by Crippen LogP contribution is -2.16. The van der Waals surface area contributed by atoms with Crippen molar-refractivity contribution in [2.24, 2.45) is 9.98 Å². The van der Waals surface area contributed by atoms with Crippen LogP contribution in [-0.2, 0) is 4.74 Å². The molecule has 0 bridgehead atoms. The van der Waals surface area contributed by atoms with Crippen LogP contribution in [0.15, 0.2) is 33.3 Å². The van der Waals surface area contributed by atoms with Gasteiger partial charge in [-0.2, -0.15) is 13.2 Å². The molecular formula is C13H18F4N2O. The summed E-state index contributed by atoms with van der Waals surface area (Å²) in [5, 5.41) is 0. The second-order valence-electron chi connectivity index (χ2n) is 3.79. The van der Waals surface area contributed by atoms with Crippen molar-refractivity contribution in [2.75, 3.05) is 13.7 Å². The number of hydrogen-bond acceptors (Lipinski definition) is 3. The summed E-state index contributed by atoms with van der Waals surface area (Å²) in [6.45, 7) is 4.81. The van der Waals surface area contributed by atoms with Crippen molar-refractivity contribution < 1.29 is 22.3 Å². The molecule has 0 rings (SSSR count). The largest absolute Gasteiger partial charge is 0.480 e. The number of alkyl halides is 3. The highest BCUT2D eigenvalue weighted by Crippen LogP contribution is 2.35. The SMILES string of the molecule is C/C=N\C/C(C)=N/C(OC)=C(\C(F)=C\CC)C(F)(F)F. The lowest BCUT2D eigenvalue weighted by atomic mass is 10.2. The van der Waals surface area contributed by atoms with Gasteiger partial charge in [0.15, 0.2) is 5.57 Å². The Morgan fingerprint density at radius 2 is 1.90 bits per heavy atom. The first-order chi connectivity index (χ1) is 9.27. The van der Waals surface area contributed by atoms with E-state index in [1.807, 2.05) is 0 Å². The molecule has 0 aromatic heterocycles. The molecule has 0 aliphatic rings. The molecule has 0 radical (unpaired) electrons. The lowest BCUT2D eigenvalue weighted by molar-refractivity contribution is -0.0944. The highest BCUT2D eigenvalue weighted by Gasteiger charge is 2.40. The molecule has 114 valence electrons. The lowest BCUT2D eigenvalue weighted by Gasteiger charge is -2.13. The van der Waals surface area contributed by atoms with Crippen LogP contribution in [0.1, 0.15) is 27.2 Å². The molecule has 0 saturated carbocycles. The minimum absolute atomic E-state index is 0.119. The van der Waals surface area contributed by atoms with Crippen LogP contribution < -0.4 is 0 Å². The Hall–Kier alpha value is -1.66. The van der Waals surface area contributed by atoms with Gasteiger partial charge in [-0.15, -0.1) is 0 Å². The number of hydrogen-bond donors (Lipinski definition) is 0. The Kier molecular flexibility index (Phi) is 7.79. The number of nitrogens with zero attached hydrogens (tertiary/aromatic N) is 2. The van der Waals surface area contributed by atoms with Gasteiger partial charge < -0.3 is 4.74 Å². The van der Waals surface area contributed by atoms with Crippen LogP contribution in [0, 0.1) is 0 Å². The van der Waals surface area contributed by atoms with Crippen molar-refractivity contribution in [3.05, 3.63) is 23.4 Å². The average molecular weight is 294 g/mol. The summed E-state index contributed by atoms with van der Waals surface area (Å²) in [5.74, 6) is -2.20. The summed E-state index contributed by atoms with van der Waals surface area (Å²) in [7, 11) is 1.01. The Balaban J connectivity index is 5.80. The maximum absolute atomic E-state index is 13.6. The van der Waals surface area contributed by atoms with Crippen molar-refractivity contribution >= 4 is 11.9 Å². The Morgan fingerprint density at radius 1 is 1.30 bits per heavy atom. The normalized spacial score (nSPS) is 15.6. The number of rotatable bonds is 6. The van der Waals surface area contributed by atoms with Gasteiger partial charge >= 0.3 is 6.18 Å². The summed E-state index contributed by atoms with van der Waals surface area (Å²) < 4.78 is 57.0. The Labute approximate surface area is 115 Å². The fourth-order valence-electron chi connectivity index (χ4n) is 1.28. The van der Waals surface area contributed by atoms with Crippen molar-refractivity contribution in [3.63, 3.8) is 0 Å². The summed E-state index contributed by atoms with van der Waals surface area (Å²) in [4.78, 5) is 7.50. The molecule has 0 unspecified atom stereocenters. The van der Waals surface area contributed by atoms with Crippen LogP contribution in [0.2, 0.25) is 0 Å². The second-order valence-corrected chi connectivity index (χ2v) is 3.79. The van der Waals surface area contributed by atoms with Crippen LogP contribution in [0.3, 0.4) is 0 Å². The molecule has 7 heteroatoms. The van der Waals surface area contributed by atoms with E-state index in [4.69, 9.17) is 0 Å². The summed E-state index contributed by atoms with van der Waals surface area (Å²) in [5.41, 5.74) is -1.23. The maximum Gasteiger partial charge on any atom is 0.424 e. The van der Waals surface area contributed by atoms with Crippen molar-refractivity contribution in [2.45, 2.75) is 33.4 Å². The fraction of sp³-hybridized carbons (Fsp3) is 0.538. The standard InChI is InChI=1S/C13H18F4N2O/c1-5-7-10(14)11(13(15,16)17)12(20-4)19-9(3)8-18-6-2/h6-7H,5,8H2,1-4H3/b10-7-,12-11-,18-6-,19-9+. The van der Waals surface area contributed by atoms with Crippen LogP contribution in [0.5, 0.6) is 0 Å². The van der Waals surface area contributed by atoms with E-state index in [1.54, 1.807) is 6.92 Å². The van der Waals surface area contributed by atoms with E-state index in [2.05, 4.69) is 14.7 Å². The number of aliphatic imine (C=N–C) groups is 2. The monoisotopic (exact) mass is 294 g/mol. The quantitative estimate of drug-likeness (QED) is 0.312. The Morgan fingerprint density at radius 3 is 2.30 bits per heavy atom. The number of ether oxygens (including phenoxy) is 1. The van der Waals surface area contributed by atoms with E-state index < -0.39 is 23.5 Å². The van der Waals surface area contributed by atoms with Gasteiger partial charge in [0, 0.05) is 5.71 Å². The predicted molar refractivity (Wildman–Crippen MR) is 71.7 cm³/mol. The molecule has 0 N–H and O–H groups in total. The molecular weight excluding hydrogens is 276 g/mol. The topological polar surface area (TPSA) is 34.0 Å².